The number of hydrogen-bond donors (Lipinski definition) is 1. The van der Waals surface area contributed by atoms with E-state index >= 15 is 0 Å². The van der Waals surface area contributed by atoms with Crippen LogP contribution in [0.15, 0.2) is 43.0 Å². The van der Waals surface area contributed by atoms with Crippen molar-refractivity contribution in [1.82, 2.24) is 38.6 Å². The minimum Gasteiger partial charge on any atom is -0.480 e. The first-order valence-electron chi connectivity index (χ1n) is 15.3. The van der Waals surface area contributed by atoms with Gasteiger partial charge in [0, 0.05) is 23.7 Å². The van der Waals surface area contributed by atoms with E-state index in [0.717, 1.165) is 31.6 Å². The van der Waals surface area contributed by atoms with Crippen molar-refractivity contribution in [2.45, 2.75) is 64.1 Å². The standard InChI is InChI=1S/C29H27F6N9O/c1-15(2)42-12-20(29(33,34)35)40-24(42)18-6-4-16(5-7-18)11-43-25-19(44(27(43)36)13-28(30,31)32)10-37-23(41-25)21-22(17-8-9-17)38-14-39-26(21)45-3/h4-7,10,12,14-15,17,36H,8-9,11,13H2,1-3H3/i3D3. The molecular weight excluding hydrogens is 604 g/mol. The fraction of sp³-hybridized carbons (Fsp3) is 0.379. The largest absolute Gasteiger partial charge is 0.480 e. The van der Waals surface area contributed by atoms with Gasteiger partial charge in [0.15, 0.2) is 17.2 Å². The van der Waals surface area contributed by atoms with Crippen LogP contribution in [0.1, 0.15) is 59.7 Å². The van der Waals surface area contributed by atoms with E-state index in [1.807, 2.05) is 0 Å². The molecule has 0 aliphatic heterocycles. The monoisotopic (exact) mass is 634 g/mol. The Labute approximate surface area is 256 Å². The number of aromatic nitrogens is 8. The quantitative estimate of drug-likeness (QED) is 0.206. The van der Waals surface area contributed by atoms with Gasteiger partial charge < -0.3 is 9.30 Å². The zero-order valence-electron chi connectivity index (χ0n) is 26.8. The van der Waals surface area contributed by atoms with Crippen LogP contribution in [-0.2, 0) is 19.3 Å². The summed E-state index contributed by atoms with van der Waals surface area (Å²) < 4.78 is 112. The highest BCUT2D eigenvalue weighted by atomic mass is 19.4. The average Bonchev–Trinajstić information content (AvgIpc) is 3.67. The lowest BCUT2D eigenvalue weighted by molar-refractivity contribution is -0.141. The molecule has 0 radical (unpaired) electrons. The van der Waals surface area contributed by atoms with E-state index in [1.54, 1.807) is 26.0 Å². The van der Waals surface area contributed by atoms with Crippen LogP contribution in [0.5, 0.6) is 5.88 Å². The van der Waals surface area contributed by atoms with Crippen LogP contribution in [0.4, 0.5) is 26.3 Å². The number of methoxy groups -OCH3 is 1. The summed E-state index contributed by atoms with van der Waals surface area (Å²) in [7, 11) is -2.88. The van der Waals surface area contributed by atoms with Crippen LogP contribution in [0.2, 0.25) is 0 Å². The van der Waals surface area contributed by atoms with E-state index < -0.39 is 37.2 Å². The third kappa shape index (κ3) is 5.88. The lowest BCUT2D eigenvalue weighted by Crippen LogP contribution is -2.30. The van der Waals surface area contributed by atoms with Gasteiger partial charge in [-0.25, -0.2) is 24.9 Å². The summed E-state index contributed by atoms with van der Waals surface area (Å²) in [5.74, 6) is -0.378. The number of benzene rings is 1. The third-order valence-electron chi connectivity index (χ3n) is 7.40. The van der Waals surface area contributed by atoms with Gasteiger partial charge in [-0.3, -0.25) is 14.5 Å². The maximum absolute atomic E-state index is 13.6. The molecule has 6 rings (SSSR count). The van der Waals surface area contributed by atoms with Crippen LogP contribution in [-0.4, -0.2) is 51.8 Å². The lowest BCUT2D eigenvalue weighted by Gasteiger charge is -2.12. The molecule has 0 unspecified atom stereocenters. The summed E-state index contributed by atoms with van der Waals surface area (Å²) in [6.07, 6.45) is -4.63. The Kier molecular flexibility index (Phi) is 6.51. The topological polar surface area (TPSA) is 112 Å². The molecular formula is C29H27F6N9O. The number of rotatable bonds is 8. The Morgan fingerprint density at radius 1 is 1.02 bits per heavy atom. The number of fused-ring (bicyclic) bond motifs is 1. The second-order valence-electron chi connectivity index (χ2n) is 11.0. The van der Waals surface area contributed by atoms with Gasteiger partial charge in [0.1, 0.15) is 29.8 Å². The maximum Gasteiger partial charge on any atom is 0.434 e. The van der Waals surface area contributed by atoms with Gasteiger partial charge in [-0.2, -0.15) is 26.3 Å². The van der Waals surface area contributed by atoms with Crippen LogP contribution in [0.25, 0.3) is 33.9 Å². The van der Waals surface area contributed by atoms with Crippen LogP contribution in [0.3, 0.4) is 0 Å². The van der Waals surface area contributed by atoms with E-state index in [2.05, 4.69) is 24.9 Å². The number of alkyl halides is 6. The number of nitrogens with zero attached hydrogens (tertiary/aromatic N) is 8. The summed E-state index contributed by atoms with van der Waals surface area (Å²) in [6, 6.07) is 5.89. The van der Waals surface area contributed by atoms with Crippen molar-refractivity contribution in [3.05, 3.63) is 65.6 Å². The molecule has 4 aromatic heterocycles. The Bertz CT molecular complexity index is 2040. The van der Waals surface area contributed by atoms with Gasteiger partial charge in [0.2, 0.25) is 11.5 Å². The molecule has 0 amide bonds. The first-order chi connectivity index (χ1) is 22.4. The van der Waals surface area contributed by atoms with Crippen molar-refractivity contribution < 1.29 is 35.2 Å². The second kappa shape index (κ2) is 11.0. The van der Waals surface area contributed by atoms with Gasteiger partial charge in [-0.1, -0.05) is 24.3 Å². The molecule has 0 atom stereocenters. The van der Waals surface area contributed by atoms with Gasteiger partial charge in [0.25, 0.3) is 0 Å². The van der Waals surface area contributed by atoms with Crippen LogP contribution < -0.4 is 10.4 Å². The Morgan fingerprint density at radius 3 is 2.38 bits per heavy atom. The van der Waals surface area contributed by atoms with E-state index in [9.17, 15) is 26.3 Å². The number of ether oxygens (including phenoxy) is 1. The van der Waals surface area contributed by atoms with Crippen molar-refractivity contribution in [2.24, 2.45) is 0 Å². The number of imidazole rings is 2. The highest BCUT2D eigenvalue weighted by Crippen LogP contribution is 2.45. The molecule has 1 aromatic carbocycles. The summed E-state index contributed by atoms with van der Waals surface area (Å²) >= 11 is 0. The molecule has 1 fully saturated rings. The molecule has 1 N–H and O–H groups in total. The first-order valence-corrected chi connectivity index (χ1v) is 13.8. The normalized spacial score (nSPS) is 15.4. The van der Waals surface area contributed by atoms with Gasteiger partial charge in [-0.05, 0) is 32.3 Å². The van der Waals surface area contributed by atoms with E-state index in [-0.39, 0.29) is 52.8 Å². The van der Waals surface area contributed by atoms with Crippen molar-refractivity contribution in [3.63, 3.8) is 0 Å². The zero-order valence-corrected chi connectivity index (χ0v) is 23.8. The summed E-state index contributed by atoms with van der Waals surface area (Å²) in [5, 5.41) is 8.69. The van der Waals surface area contributed by atoms with Crippen molar-refractivity contribution >= 4 is 11.2 Å². The fourth-order valence-electron chi connectivity index (χ4n) is 5.14. The molecule has 1 aliphatic carbocycles. The Morgan fingerprint density at radius 2 is 1.76 bits per heavy atom. The van der Waals surface area contributed by atoms with Crippen molar-refractivity contribution in [1.29, 1.82) is 5.41 Å². The van der Waals surface area contributed by atoms with Crippen molar-refractivity contribution in [3.8, 4) is 28.7 Å². The molecule has 0 saturated heterocycles. The number of nitrogens with one attached hydrogen (secondary N) is 1. The number of hydrogen-bond acceptors (Lipinski definition) is 7. The maximum atomic E-state index is 13.6. The smallest absolute Gasteiger partial charge is 0.434 e. The van der Waals surface area contributed by atoms with Crippen LogP contribution in [0, 0.1) is 5.41 Å². The highest BCUT2D eigenvalue weighted by molar-refractivity contribution is 5.76. The summed E-state index contributed by atoms with van der Waals surface area (Å²) in [6.45, 7) is 1.77. The Hall–Kier alpha value is -4.76. The van der Waals surface area contributed by atoms with Crippen LogP contribution >= 0.6 is 0 Å². The first kappa shape index (κ1) is 26.6. The zero-order chi connectivity index (χ0) is 34.8. The molecule has 0 bridgehead atoms. The molecule has 1 aliphatic rings. The lowest BCUT2D eigenvalue weighted by atomic mass is 10.1. The Balaban J connectivity index is 1.45. The number of halogens is 6. The van der Waals surface area contributed by atoms with E-state index in [1.165, 1.54) is 21.3 Å². The van der Waals surface area contributed by atoms with E-state index in [4.69, 9.17) is 14.3 Å². The predicted octanol–water partition coefficient (Wildman–Crippen LogP) is 6.13. The molecule has 16 heteroatoms. The average molecular weight is 635 g/mol. The molecule has 4 heterocycles. The van der Waals surface area contributed by atoms with Gasteiger partial charge in [-0.15, -0.1) is 0 Å². The minimum atomic E-state index is -4.69. The molecule has 10 nitrogen and oxygen atoms in total. The summed E-state index contributed by atoms with van der Waals surface area (Å²) in [5.41, 5.74) is -0.374. The minimum absolute atomic E-state index is 0.0491. The molecule has 0 spiro atoms. The van der Waals surface area contributed by atoms with E-state index in [0.29, 0.717) is 21.4 Å². The van der Waals surface area contributed by atoms with Crippen molar-refractivity contribution in [2.75, 3.05) is 7.04 Å². The third-order valence-corrected chi connectivity index (χ3v) is 7.40. The molecule has 5 aromatic rings. The summed E-state index contributed by atoms with van der Waals surface area (Å²) in [4.78, 5) is 20.8. The molecule has 45 heavy (non-hydrogen) atoms. The molecule has 236 valence electrons. The second-order valence-corrected chi connectivity index (χ2v) is 11.0. The SMILES string of the molecule is [2H]C([2H])([2H])Oc1ncnc(C2CC2)c1-c1ncc2c(n1)n(Cc1ccc(-c3nc(C(F)(F)F)cn3C(C)C)cc1)c(=N)n2CC(F)(F)F. The van der Waals surface area contributed by atoms with Gasteiger partial charge in [0.05, 0.1) is 29.6 Å². The predicted molar refractivity (Wildman–Crippen MR) is 149 cm³/mol. The molecule has 1 saturated carbocycles. The highest BCUT2D eigenvalue weighted by Gasteiger charge is 2.36. The van der Waals surface area contributed by atoms with Gasteiger partial charge >= 0.3 is 12.4 Å². The fourth-order valence-corrected chi connectivity index (χ4v) is 5.14.